The molecule has 0 aromatic heterocycles. The summed E-state index contributed by atoms with van der Waals surface area (Å²) < 4.78 is 14.9. The van der Waals surface area contributed by atoms with Gasteiger partial charge < -0.3 is 4.90 Å². The summed E-state index contributed by atoms with van der Waals surface area (Å²) in [6.45, 7) is 1.94. The lowest BCUT2D eigenvalue weighted by molar-refractivity contribution is 0.620. The van der Waals surface area contributed by atoms with E-state index in [4.69, 9.17) is 11.6 Å². The fourth-order valence-corrected chi connectivity index (χ4v) is 3.86. The van der Waals surface area contributed by atoms with Gasteiger partial charge in [0.1, 0.15) is 0 Å². The van der Waals surface area contributed by atoms with Gasteiger partial charge in [0.2, 0.25) is 0 Å². The van der Waals surface area contributed by atoms with Crippen molar-refractivity contribution < 1.29 is 4.39 Å². The quantitative estimate of drug-likeness (QED) is 0.524. The summed E-state index contributed by atoms with van der Waals surface area (Å²) in [6, 6.07) is 1.61. The van der Waals surface area contributed by atoms with Crippen LogP contribution in [0.25, 0.3) is 0 Å². The third-order valence-corrected chi connectivity index (χ3v) is 4.12. The highest BCUT2D eigenvalue weighted by Gasteiger charge is 2.21. The highest BCUT2D eigenvalue weighted by atomic mass is 79.9. The Bertz CT molecular complexity index is 391. The molecule has 1 aromatic carbocycles. The molecule has 5 heteroatoms. The zero-order chi connectivity index (χ0) is 11.0. The van der Waals surface area contributed by atoms with Crippen molar-refractivity contribution >= 4 is 49.1 Å². The van der Waals surface area contributed by atoms with Crippen molar-refractivity contribution in [3.8, 4) is 0 Å². The van der Waals surface area contributed by atoms with E-state index < -0.39 is 0 Å². The van der Waals surface area contributed by atoms with Gasteiger partial charge in [0.15, 0.2) is 5.82 Å². The summed E-state index contributed by atoms with van der Waals surface area (Å²) in [5.41, 5.74) is 0.870. The van der Waals surface area contributed by atoms with Crippen molar-refractivity contribution in [2.75, 3.05) is 18.0 Å². The first kappa shape index (κ1) is 11.7. The number of rotatable bonds is 1. The van der Waals surface area contributed by atoms with Gasteiger partial charge in [-0.25, -0.2) is 4.39 Å². The standard InChI is InChI=1S/C10H9Br2ClFN/c11-6-5-7(13)9(14)8(12)10(6)15-3-1-2-4-15/h5H,1-4H2. The number of hydrogen-bond acceptors (Lipinski definition) is 1. The van der Waals surface area contributed by atoms with E-state index in [9.17, 15) is 4.39 Å². The van der Waals surface area contributed by atoms with Crippen LogP contribution in [0.3, 0.4) is 0 Å². The lowest BCUT2D eigenvalue weighted by atomic mass is 10.3. The monoisotopic (exact) mass is 355 g/mol. The maximum absolute atomic E-state index is 13.6. The summed E-state index contributed by atoms with van der Waals surface area (Å²) in [6.07, 6.45) is 2.31. The van der Waals surface area contributed by atoms with Crippen molar-refractivity contribution in [1.82, 2.24) is 0 Å². The van der Waals surface area contributed by atoms with Gasteiger partial charge in [-0.1, -0.05) is 11.6 Å². The molecule has 0 saturated carbocycles. The summed E-state index contributed by atoms with van der Waals surface area (Å²) in [5, 5.41) is 0.136. The molecule has 15 heavy (non-hydrogen) atoms. The van der Waals surface area contributed by atoms with Crippen molar-refractivity contribution in [2.45, 2.75) is 12.8 Å². The van der Waals surface area contributed by atoms with Crippen LogP contribution in [-0.2, 0) is 0 Å². The predicted octanol–water partition coefficient (Wildman–Crippen LogP) is 4.60. The second kappa shape index (κ2) is 4.60. The lowest BCUT2D eigenvalue weighted by Crippen LogP contribution is -2.19. The maximum Gasteiger partial charge on any atom is 0.158 e. The second-order valence-electron chi connectivity index (χ2n) is 3.51. The molecule has 0 radical (unpaired) electrons. The van der Waals surface area contributed by atoms with Crippen LogP contribution >= 0.6 is 43.5 Å². The minimum absolute atomic E-state index is 0.136. The van der Waals surface area contributed by atoms with Gasteiger partial charge in [0, 0.05) is 17.6 Å². The van der Waals surface area contributed by atoms with Gasteiger partial charge in [-0.3, -0.25) is 0 Å². The van der Waals surface area contributed by atoms with E-state index in [1.165, 1.54) is 0 Å². The van der Waals surface area contributed by atoms with Gasteiger partial charge in [-0.15, -0.1) is 0 Å². The van der Waals surface area contributed by atoms with Crippen LogP contribution in [0.15, 0.2) is 15.0 Å². The Morgan fingerprint density at radius 1 is 1.27 bits per heavy atom. The molecule has 1 aromatic rings. The van der Waals surface area contributed by atoms with Crippen LogP contribution in [0.2, 0.25) is 5.02 Å². The third-order valence-electron chi connectivity index (χ3n) is 2.51. The van der Waals surface area contributed by atoms with Crippen LogP contribution in [0.4, 0.5) is 10.1 Å². The SMILES string of the molecule is Fc1c(Cl)cc(Br)c(N2CCCC2)c1Br. The Morgan fingerprint density at radius 3 is 2.47 bits per heavy atom. The van der Waals surface area contributed by atoms with E-state index in [1.54, 1.807) is 6.07 Å². The van der Waals surface area contributed by atoms with Crippen LogP contribution in [0, 0.1) is 5.82 Å². The highest BCUT2D eigenvalue weighted by Crippen LogP contribution is 2.40. The third kappa shape index (κ3) is 2.17. The number of halogens is 4. The molecule has 0 N–H and O–H groups in total. The zero-order valence-corrected chi connectivity index (χ0v) is 11.8. The Labute approximate surface area is 110 Å². The van der Waals surface area contributed by atoms with Crippen molar-refractivity contribution in [3.05, 3.63) is 25.9 Å². The smallest absolute Gasteiger partial charge is 0.158 e. The Morgan fingerprint density at radius 2 is 1.87 bits per heavy atom. The lowest BCUT2D eigenvalue weighted by Gasteiger charge is -2.21. The molecule has 0 unspecified atom stereocenters. The molecule has 0 atom stereocenters. The molecule has 0 aliphatic carbocycles. The molecule has 1 nitrogen and oxygen atoms in total. The molecule has 2 rings (SSSR count). The van der Waals surface area contributed by atoms with Crippen LogP contribution in [0.1, 0.15) is 12.8 Å². The maximum atomic E-state index is 13.6. The molecule has 1 heterocycles. The van der Waals surface area contributed by atoms with Gasteiger partial charge >= 0.3 is 0 Å². The van der Waals surface area contributed by atoms with E-state index in [2.05, 4.69) is 36.8 Å². The van der Waals surface area contributed by atoms with E-state index >= 15 is 0 Å². The molecule has 1 aliphatic heterocycles. The van der Waals surface area contributed by atoms with Crippen molar-refractivity contribution in [3.63, 3.8) is 0 Å². The summed E-state index contributed by atoms with van der Waals surface area (Å²) in [4.78, 5) is 2.16. The number of nitrogens with zero attached hydrogens (tertiary/aromatic N) is 1. The van der Waals surface area contributed by atoms with Gasteiger partial charge in [-0.05, 0) is 50.8 Å². The van der Waals surface area contributed by atoms with Crippen molar-refractivity contribution in [2.24, 2.45) is 0 Å². The molecule has 1 fully saturated rings. The Hall–Kier alpha value is 0.200. The molecule has 82 valence electrons. The Balaban J connectivity index is 2.50. The molecular weight excluding hydrogens is 348 g/mol. The number of benzene rings is 1. The minimum atomic E-state index is -0.387. The topological polar surface area (TPSA) is 3.24 Å². The molecule has 0 amide bonds. The summed E-state index contributed by atoms with van der Waals surface area (Å²) in [5.74, 6) is -0.387. The van der Waals surface area contributed by atoms with Crippen LogP contribution < -0.4 is 4.90 Å². The summed E-state index contributed by atoms with van der Waals surface area (Å²) >= 11 is 12.4. The van der Waals surface area contributed by atoms with Crippen LogP contribution in [0.5, 0.6) is 0 Å². The average molecular weight is 357 g/mol. The first-order chi connectivity index (χ1) is 7.11. The molecular formula is C10H9Br2ClFN. The average Bonchev–Trinajstić information content (AvgIpc) is 2.68. The zero-order valence-electron chi connectivity index (χ0n) is 7.86. The van der Waals surface area contributed by atoms with Gasteiger partial charge in [0.25, 0.3) is 0 Å². The van der Waals surface area contributed by atoms with Crippen molar-refractivity contribution in [1.29, 1.82) is 0 Å². The second-order valence-corrected chi connectivity index (χ2v) is 5.57. The fourth-order valence-electron chi connectivity index (χ4n) is 1.79. The molecule has 0 bridgehead atoms. The largest absolute Gasteiger partial charge is 0.370 e. The fraction of sp³-hybridized carbons (Fsp3) is 0.400. The number of anilines is 1. The van der Waals surface area contributed by atoms with Crippen LogP contribution in [-0.4, -0.2) is 13.1 Å². The first-order valence-corrected chi connectivity index (χ1v) is 6.65. The van der Waals surface area contributed by atoms with E-state index in [1.807, 2.05) is 0 Å². The first-order valence-electron chi connectivity index (χ1n) is 4.69. The van der Waals surface area contributed by atoms with Gasteiger partial charge in [0.05, 0.1) is 15.2 Å². The van der Waals surface area contributed by atoms with E-state index in [0.717, 1.165) is 36.1 Å². The highest BCUT2D eigenvalue weighted by molar-refractivity contribution is 9.11. The molecule has 1 aliphatic rings. The number of hydrogen-bond donors (Lipinski definition) is 0. The van der Waals surface area contributed by atoms with Gasteiger partial charge in [-0.2, -0.15) is 0 Å². The normalized spacial score (nSPS) is 16.1. The molecule has 1 saturated heterocycles. The Kier molecular flexibility index (Phi) is 3.58. The van der Waals surface area contributed by atoms with E-state index in [0.29, 0.717) is 4.47 Å². The summed E-state index contributed by atoms with van der Waals surface area (Å²) in [7, 11) is 0. The minimum Gasteiger partial charge on any atom is -0.370 e. The van der Waals surface area contributed by atoms with E-state index in [-0.39, 0.29) is 10.8 Å². The molecule has 0 spiro atoms. The predicted molar refractivity (Wildman–Crippen MR) is 68.3 cm³/mol.